The lowest BCUT2D eigenvalue weighted by atomic mass is 10.1. The zero-order valence-corrected chi connectivity index (χ0v) is 14.3. The Bertz CT molecular complexity index is 222. The van der Waals surface area contributed by atoms with Gasteiger partial charge >= 0.3 is 0 Å². The molecule has 1 atom stereocenters. The van der Waals surface area contributed by atoms with Crippen LogP contribution >= 0.6 is 0 Å². The van der Waals surface area contributed by atoms with Gasteiger partial charge in [0.15, 0.2) is 0 Å². The molecule has 120 valence electrons. The highest BCUT2D eigenvalue weighted by atomic mass is 15.3. The molecule has 0 amide bonds. The monoisotopic (exact) mass is 283 g/mol. The number of hydrogen-bond donors (Lipinski definition) is 1. The Morgan fingerprint density at radius 1 is 0.900 bits per heavy atom. The van der Waals surface area contributed by atoms with Gasteiger partial charge in [0, 0.05) is 32.2 Å². The molecule has 0 radical (unpaired) electrons. The Kier molecular flexibility index (Phi) is 9.49. The first-order valence-electron chi connectivity index (χ1n) is 8.80. The zero-order chi connectivity index (χ0) is 14.8. The van der Waals surface area contributed by atoms with Gasteiger partial charge in [-0.25, -0.2) is 0 Å². The molecule has 3 nitrogen and oxygen atoms in total. The van der Waals surface area contributed by atoms with Crippen LogP contribution in [-0.4, -0.2) is 61.7 Å². The fourth-order valence-corrected chi connectivity index (χ4v) is 2.68. The lowest BCUT2D eigenvalue weighted by Gasteiger charge is -2.35. The first-order valence-corrected chi connectivity index (χ1v) is 8.80. The Hall–Kier alpha value is -0.120. The molecule has 1 rings (SSSR count). The summed E-state index contributed by atoms with van der Waals surface area (Å²) in [6.07, 6.45) is 5.23. The highest BCUT2D eigenvalue weighted by Gasteiger charge is 2.16. The van der Waals surface area contributed by atoms with Crippen LogP contribution in [0.3, 0.4) is 0 Å². The number of hydrogen-bond acceptors (Lipinski definition) is 3. The first kappa shape index (κ1) is 17.9. The molecule has 3 heteroatoms. The summed E-state index contributed by atoms with van der Waals surface area (Å²) in [5.74, 6) is 0.836. The number of nitrogens with one attached hydrogen (secondary N) is 1. The minimum Gasteiger partial charge on any atom is -0.314 e. The minimum atomic E-state index is 0.667. The molecule has 20 heavy (non-hydrogen) atoms. The van der Waals surface area contributed by atoms with Crippen molar-refractivity contribution in [2.75, 3.05) is 45.8 Å². The number of unbranched alkanes of at least 4 members (excludes halogenated alkanes) is 1. The Morgan fingerprint density at radius 3 is 1.95 bits per heavy atom. The third kappa shape index (κ3) is 8.23. The largest absolute Gasteiger partial charge is 0.314 e. The predicted molar refractivity (Wildman–Crippen MR) is 89.3 cm³/mol. The molecular weight excluding hydrogens is 246 g/mol. The molecule has 1 aliphatic heterocycles. The van der Waals surface area contributed by atoms with E-state index in [0.717, 1.165) is 5.92 Å². The maximum absolute atomic E-state index is 3.63. The molecule has 1 heterocycles. The van der Waals surface area contributed by atoms with E-state index >= 15 is 0 Å². The Morgan fingerprint density at radius 2 is 1.45 bits per heavy atom. The summed E-state index contributed by atoms with van der Waals surface area (Å²) in [6, 6.07) is 0.667. The van der Waals surface area contributed by atoms with Crippen molar-refractivity contribution in [3.63, 3.8) is 0 Å². The van der Waals surface area contributed by atoms with E-state index < -0.39 is 0 Å². The maximum Gasteiger partial charge on any atom is 0.0110 e. The van der Waals surface area contributed by atoms with Crippen molar-refractivity contribution < 1.29 is 0 Å². The van der Waals surface area contributed by atoms with Gasteiger partial charge in [0.05, 0.1) is 0 Å². The quantitative estimate of drug-likeness (QED) is 0.622. The van der Waals surface area contributed by atoms with Gasteiger partial charge in [-0.15, -0.1) is 0 Å². The SMILES string of the molecule is CCCCNC(C)CCN1CCN(CCC(C)C)CC1. The van der Waals surface area contributed by atoms with Gasteiger partial charge < -0.3 is 15.1 Å². The van der Waals surface area contributed by atoms with E-state index in [-0.39, 0.29) is 0 Å². The molecule has 0 aromatic carbocycles. The van der Waals surface area contributed by atoms with Crippen LogP contribution in [0.2, 0.25) is 0 Å². The smallest absolute Gasteiger partial charge is 0.0110 e. The molecule has 1 fully saturated rings. The van der Waals surface area contributed by atoms with Gasteiger partial charge in [0.1, 0.15) is 0 Å². The number of nitrogens with zero attached hydrogens (tertiary/aromatic N) is 2. The number of rotatable bonds is 10. The highest BCUT2D eigenvalue weighted by molar-refractivity contribution is 4.73. The van der Waals surface area contributed by atoms with E-state index in [1.165, 1.54) is 71.5 Å². The van der Waals surface area contributed by atoms with Crippen LogP contribution < -0.4 is 5.32 Å². The van der Waals surface area contributed by atoms with Crippen LogP contribution in [0.15, 0.2) is 0 Å². The second-order valence-corrected chi connectivity index (χ2v) is 6.86. The van der Waals surface area contributed by atoms with Gasteiger partial charge in [-0.2, -0.15) is 0 Å². The molecular formula is C17H37N3. The first-order chi connectivity index (χ1) is 9.61. The summed E-state index contributed by atoms with van der Waals surface area (Å²) < 4.78 is 0. The second-order valence-electron chi connectivity index (χ2n) is 6.86. The molecule has 1 aliphatic rings. The van der Waals surface area contributed by atoms with Crippen LogP contribution in [0.5, 0.6) is 0 Å². The third-order valence-electron chi connectivity index (χ3n) is 4.39. The summed E-state index contributed by atoms with van der Waals surface area (Å²) in [4.78, 5) is 5.28. The molecule has 1 unspecified atom stereocenters. The van der Waals surface area contributed by atoms with E-state index in [4.69, 9.17) is 0 Å². The molecule has 0 aliphatic carbocycles. The molecule has 0 spiro atoms. The van der Waals surface area contributed by atoms with E-state index in [1.54, 1.807) is 0 Å². The van der Waals surface area contributed by atoms with Crippen LogP contribution in [0.1, 0.15) is 53.4 Å². The van der Waals surface area contributed by atoms with Crippen LogP contribution in [0.25, 0.3) is 0 Å². The normalized spacial score (nSPS) is 19.6. The molecule has 0 bridgehead atoms. The molecule has 0 saturated carbocycles. The fraction of sp³-hybridized carbons (Fsp3) is 1.00. The highest BCUT2D eigenvalue weighted by Crippen LogP contribution is 2.07. The summed E-state index contributed by atoms with van der Waals surface area (Å²) in [5, 5.41) is 3.63. The van der Waals surface area contributed by atoms with Crippen LogP contribution in [-0.2, 0) is 0 Å². The van der Waals surface area contributed by atoms with E-state index in [1.807, 2.05) is 0 Å². The van der Waals surface area contributed by atoms with Crippen molar-refractivity contribution in [2.24, 2.45) is 5.92 Å². The van der Waals surface area contributed by atoms with E-state index in [9.17, 15) is 0 Å². The number of piperazine rings is 1. The van der Waals surface area contributed by atoms with Gasteiger partial charge in [-0.3, -0.25) is 0 Å². The lowest BCUT2D eigenvalue weighted by Crippen LogP contribution is -2.47. The Labute approximate surface area is 127 Å². The summed E-state index contributed by atoms with van der Waals surface area (Å²) in [5.41, 5.74) is 0. The van der Waals surface area contributed by atoms with E-state index in [2.05, 4.69) is 42.8 Å². The van der Waals surface area contributed by atoms with Gasteiger partial charge in [-0.1, -0.05) is 27.2 Å². The summed E-state index contributed by atoms with van der Waals surface area (Å²) >= 11 is 0. The topological polar surface area (TPSA) is 18.5 Å². The molecule has 0 aromatic rings. The van der Waals surface area contributed by atoms with Crippen LogP contribution in [0, 0.1) is 5.92 Å². The molecule has 1 saturated heterocycles. The van der Waals surface area contributed by atoms with Gasteiger partial charge in [-0.05, 0) is 51.7 Å². The van der Waals surface area contributed by atoms with Gasteiger partial charge in [0.2, 0.25) is 0 Å². The molecule has 1 N–H and O–H groups in total. The van der Waals surface area contributed by atoms with Crippen molar-refractivity contribution in [3.8, 4) is 0 Å². The second kappa shape index (κ2) is 10.6. The van der Waals surface area contributed by atoms with Crippen molar-refractivity contribution in [1.82, 2.24) is 15.1 Å². The fourth-order valence-electron chi connectivity index (χ4n) is 2.68. The maximum atomic E-state index is 3.63. The minimum absolute atomic E-state index is 0.667. The van der Waals surface area contributed by atoms with Gasteiger partial charge in [0.25, 0.3) is 0 Å². The van der Waals surface area contributed by atoms with E-state index in [0.29, 0.717) is 6.04 Å². The zero-order valence-electron chi connectivity index (χ0n) is 14.3. The average Bonchev–Trinajstić information content (AvgIpc) is 2.44. The Balaban J connectivity index is 2.04. The van der Waals surface area contributed by atoms with Crippen molar-refractivity contribution >= 4 is 0 Å². The summed E-state index contributed by atoms with van der Waals surface area (Å²) in [7, 11) is 0. The van der Waals surface area contributed by atoms with Crippen molar-refractivity contribution in [3.05, 3.63) is 0 Å². The standard InChI is InChI=1S/C17H37N3/c1-5-6-9-18-17(4)8-11-20-14-12-19(13-15-20)10-7-16(2)3/h16-18H,5-15H2,1-4H3. The van der Waals surface area contributed by atoms with Crippen molar-refractivity contribution in [1.29, 1.82) is 0 Å². The average molecular weight is 284 g/mol. The third-order valence-corrected chi connectivity index (χ3v) is 4.39. The van der Waals surface area contributed by atoms with Crippen LogP contribution in [0.4, 0.5) is 0 Å². The molecule has 0 aromatic heterocycles. The lowest BCUT2D eigenvalue weighted by molar-refractivity contribution is 0.124. The summed E-state index contributed by atoms with van der Waals surface area (Å²) in [6.45, 7) is 18.0. The van der Waals surface area contributed by atoms with Crippen molar-refractivity contribution in [2.45, 2.75) is 59.4 Å². The predicted octanol–water partition coefficient (Wildman–Crippen LogP) is 2.82.